The van der Waals surface area contributed by atoms with Gasteiger partial charge in [0.2, 0.25) is 0 Å². The summed E-state index contributed by atoms with van der Waals surface area (Å²) in [6.45, 7) is 0.505. The van der Waals surface area contributed by atoms with Crippen LogP contribution in [0.4, 0.5) is 5.69 Å². The number of rotatable bonds is 5. The molecular formula is C14H13ClN2O2S. The fraction of sp³-hybridized carbons (Fsp3) is 0.143. The van der Waals surface area contributed by atoms with Crippen LogP contribution in [0.2, 0.25) is 5.02 Å². The molecule has 2 rings (SSSR count). The first kappa shape index (κ1) is 14.8. The molecular weight excluding hydrogens is 296 g/mol. The van der Waals surface area contributed by atoms with Gasteiger partial charge < -0.3 is 5.73 Å². The van der Waals surface area contributed by atoms with Gasteiger partial charge in [-0.25, -0.2) is 0 Å². The molecule has 0 aromatic heterocycles. The number of hydrogen-bond acceptors (Lipinski definition) is 4. The zero-order valence-corrected chi connectivity index (χ0v) is 12.2. The Labute approximate surface area is 126 Å². The lowest BCUT2D eigenvalue weighted by Crippen LogP contribution is -1.95. The number of benzene rings is 2. The van der Waals surface area contributed by atoms with Crippen molar-refractivity contribution >= 4 is 29.1 Å². The van der Waals surface area contributed by atoms with Gasteiger partial charge in [-0.2, -0.15) is 0 Å². The van der Waals surface area contributed by atoms with E-state index in [4.69, 9.17) is 17.3 Å². The van der Waals surface area contributed by atoms with E-state index in [-0.39, 0.29) is 10.6 Å². The van der Waals surface area contributed by atoms with Crippen molar-refractivity contribution < 1.29 is 4.92 Å². The molecule has 0 saturated carbocycles. The molecule has 0 unspecified atom stereocenters. The summed E-state index contributed by atoms with van der Waals surface area (Å²) in [4.78, 5) is 11.6. The fourth-order valence-corrected chi connectivity index (χ4v) is 2.81. The lowest BCUT2D eigenvalue weighted by Gasteiger charge is -2.05. The molecule has 0 aliphatic rings. The van der Waals surface area contributed by atoms with E-state index in [1.54, 1.807) is 6.07 Å². The van der Waals surface area contributed by atoms with Gasteiger partial charge in [-0.1, -0.05) is 23.7 Å². The predicted octanol–water partition coefficient (Wildman–Crippen LogP) is 4.00. The maximum absolute atomic E-state index is 11.0. The van der Waals surface area contributed by atoms with E-state index in [1.165, 1.54) is 23.9 Å². The minimum absolute atomic E-state index is 0.0977. The van der Waals surface area contributed by atoms with Crippen LogP contribution in [0.15, 0.2) is 47.4 Å². The highest BCUT2D eigenvalue weighted by molar-refractivity contribution is 7.98. The van der Waals surface area contributed by atoms with Crippen molar-refractivity contribution in [1.82, 2.24) is 0 Å². The highest BCUT2D eigenvalue weighted by Crippen LogP contribution is 2.30. The molecule has 0 fully saturated rings. The summed E-state index contributed by atoms with van der Waals surface area (Å²) in [5.41, 5.74) is 7.32. The Morgan fingerprint density at radius 1 is 1.20 bits per heavy atom. The summed E-state index contributed by atoms with van der Waals surface area (Å²) < 4.78 is 0. The quantitative estimate of drug-likeness (QED) is 0.515. The molecule has 104 valence electrons. The molecule has 0 atom stereocenters. The first-order valence-electron chi connectivity index (χ1n) is 5.95. The minimum atomic E-state index is -0.385. The summed E-state index contributed by atoms with van der Waals surface area (Å²) in [5.74, 6) is 0.499. The second kappa shape index (κ2) is 6.74. The van der Waals surface area contributed by atoms with Crippen LogP contribution >= 0.6 is 23.4 Å². The van der Waals surface area contributed by atoms with Crippen LogP contribution in [0.1, 0.15) is 11.1 Å². The molecule has 0 heterocycles. The normalized spacial score (nSPS) is 10.5. The lowest BCUT2D eigenvalue weighted by atomic mass is 10.2. The molecule has 20 heavy (non-hydrogen) atoms. The first-order valence-corrected chi connectivity index (χ1v) is 7.31. The average Bonchev–Trinajstić information content (AvgIpc) is 2.45. The smallest absolute Gasteiger partial charge is 0.273 e. The highest BCUT2D eigenvalue weighted by Gasteiger charge is 2.13. The molecule has 0 spiro atoms. The number of thioether (sulfide) groups is 1. The molecule has 6 heteroatoms. The molecule has 2 N–H and O–H groups in total. The largest absolute Gasteiger partial charge is 0.326 e. The van der Waals surface area contributed by atoms with Gasteiger partial charge in [-0.3, -0.25) is 10.1 Å². The molecule has 0 aliphatic carbocycles. The van der Waals surface area contributed by atoms with Crippen LogP contribution in [0.25, 0.3) is 0 Å². The van der Waals surface area contributed by atoms with Crippen molar-refractivity contribution in [2.24, 2.45) is 5.73 Å². The van der Waals surface area contributed by atoms with Crippen LogP contribution in [-0.4, -0.2) is 4.92 Å². The third kappa shape index (κ3) is 3.72. The van der Waals surface area contributed by atoms with Crippen molar-refractivity contribution in [3.05, 3.63) is 68.7 Å². The molecule has 0 aliphatic heterocycles. The van der Waals surface area contributed by atoms with Crippen molar-refractivity contribution in [2.45, 2.75) is 17.2 Å². The summed E-state index contributed by atoms with van der Waals surface area (Å²) in [7, 11) is 0. The summed E-state index contributed by atoms with van der Waals surface area (Å²) in [5, 5.41) is 11.5. The second-order valence-corrected chi connectivity index (χ2v) is 5.65. The molecule has 2 aromatic carbocycles. The number of halogens is 1. The lowest BCUT2D eigenvalue weighted by molar-refractivity contribution is -0.385. The van der Waals surface area contributed by atoms with Crippen molar-refractivity contribution in [2.75, 3.05) is 0 Å². The van der Waals surface area contributed by atoms with E-state index in [1.807, 2.05) is 24.3 Å². The first-order chi connectivity index (χ1) is 9.60. The monoisotopic (exact) mass is 308 g/mol. The van der Waals surface area contributed by atoms with Gasteiger partial charge >= 0.3 is 0 Å². The Hall–Kier alpha value is -1.56. The maximum atomic E-state index is 11.0. The van der Waals surface area contributed by atoms with Gasteiger partial charge in [0, 0.05) is 33.8 Å². The minimum Gasteiger partial charge on any atom is -0.326 e. The third-order valence-electron chi connectivity index (χ3n) is 2.79. The Balaban J connectivity index is 2.13. The van der Waals surface area contributed by atoms with Gasteiger partial charge in [0.05, 0.1) is 4.92 Å². The zero-order chi connectivity index (χ0) is 14.5. The van der Waals surface area contributed by atoms with Crippen LogP contribution in [0, 0.1) is 10.1 Å². The van der Waals surface area contributed by atoms with Crippen LogP contribution in [0.3, 0.4) is 0 Å². The van der Waals surface area contributed by atoms with Crippen LogP contribution in [-0.2, 0) is 12.3 Å². The topological polar surface area (TPSA) is 69.2 Å². The molecule has 0 bridgehead atoms. The Kier molecular flexibility index (Phi) is 5.00. The van der Waals surface area contributed by atoms with Crippen molar-refractivity contribution in [1.29, 1.82) is 0 Å². The molecule has 2 aromatic rings. The number of nitrogens with zero attached hydrogens (tertiary/aromatic N) is 1. The van der Waals surface area contributed by atoms with Gasteiger partial charge in [0.25, 0.3) is 5.69 Å². The Morgan fingerprint density at radius 2 is 1.90 bits per heavy atom. The fourth-order valence-electron chi connectivity index (χ4n) is 1.73. The van der Waals surface area contributed by atoms with E-state index in [9.17, 15) is 10.1 Å². The van der Waals surface area contributed by atoms with Crippen LogP contribution in [0.5, 0.6) is 0 Å². The van der Waals surface area contributed by atoms with Gasteiger partial charge in [0.1, 0.15) is 0 Å². The number of hydrogen-bond donors (Lipinski definition) is 1. The molecule has 0 amide bonds. The predicted molar refractivity (Wildman–Crippen MR) is 82.0 cm³/mol. The Morgan fingerprint density at radius 3 is 2.50 bits per heavy atom. The zero-order valence-electron chi connectivity index (χ0n) is 10.6. The average molecular weight is 309 g/mol. The maximum Gasteiger partial charge on any atom is 0.273 e. The summed E-state index contributed by atoms with van der Waals surface area (Å²) in [6, 6.07) is 12.4. The van der Waals surface area contributed by atoms with E-state index >= 15 is 0 Å². The molecule has 4 nitrogen and oxygen atoms in total. The van der Waals surface area contributed by atoms with Gasteiger partial charge in [-0.15, -0.1) is 11.8 Å². The van der Waals surface area contributed by atoms with E-state index in [0.29, 0.717) is 22.9 Å². The van der Waals surface area contributed by atoms with Crippen molar-refractivity contribution in [3.63, 3.8) is 0 Å². The molecule has 0 radical (unpaired) electrons. The van der Waals surface area contributed by atoms with E-state index < -0.39 is 0 Å². The SMILES string of the molecule is NCc1ccc(SCc2cc(Cl)ccc2[N+](=O)[O-])cc1. The number of nitro groups is 1. The Bertz CT molecular complexity index is 617. The number of nitrogens with two attached hydrogens (primary N) is 1. The molecule has 0 saturated heterocycles. The van der Waals surface area contributed by atoms with Gasteiger partial charge in [-0.05, 0) is 29.8 Å². The summed E-state index contributed by atoms with van der Waals surface area (Å²) >= 11 is 7.43. The highest BCUT2D eigenvalue weighted by atomic mass is 35.5. The third-order valence-corrected chi connectivity index (χ3v) is 4.09. The van der Waals surface area contributed by atoms with E-state index in [0.717, 1.165) is 10.5 Å². The van der Waals surface area contributed by atoms with Crippen molar-refractivity contribution in [3.8, 4) is 0 Å². The van der Waals surface area contributed by atoms with Crippen LogP contribution < -0.4 is 5.73 Å². The number of nitro benzene ring substituents is 1. The summed E-state index contributed by atoms with van der Waals surface area (Å²) in [6.07, 6.45) is 0. The van der Waals surface area contributed by atoms with E-state index in [2.05, 4.69) is 0 Å². The second-order valence-electron chi connectivity index (χ2n) is 4.17. The standard InChI is InChI=1S/C14H13ClN2O2S/c15-12-3-6-14(17(18)19)11(7-12)9-20-13-4-1-10(8-16)2-5-13/h1-7H,8-9,16H2. The van der Waals surface area contributed by atoms with Gasteiger partial charge in [0.15, 0.2) is 0 Å².